The fourth-order valence-corrected chi connectivity index (χ4v) is 1.67. The lowest BCUT2D eigenvalue weighted by Crippen LogP contribution is -2.38. The Balaban J connectivity index is 2.33. The van der Waals surface area contributed by atoms with E-state index in [1.807, 2.05) is 24.7 Å². The standard InChI is InChI=1S/C12H23N3O/c1-4-8-13-10-12(2,16)7-5-11-6-9-14-15(11)3/h6,9,13,16H,4-5,7-8,10H2,1-3H3. The molecular formula is C12H23N3O. The predicted octanol–water partition coefficient (Wildman–Crippen LogP) is 1.10. The van der Waals surface area contributed by atoms with Crippen molar-refractivity contribution in [3.05, 3.63) is 18.0 Å². The molecule has 0 aliphatic rings. The van der Waals surface area contributed by atoms with Crippen LogP contribution >= 0.6 is 0 Å². The summed E-state index contributed by atoms with van der Waals surface area (Å²) in [7, 11) is 1.93. The molecular weight excluding hydrogens is 202 g/mol. The van der Waals surface area contributed by atoms with E-state index in [1.54, 1.807) is 6.20 Å². The third-order valence-corrected chi connectivity index (χ3v) is 2.77. The van der Waals surface area contributed by atoms with Crippen molar-refractivity contribution in [2.75, 3.05) is 13.1 Å². The van der Waals surface area contributed by atoms with E-state index in [-0.39, 0.29) is 0 Å². The van der Waals surface area contributed by atoms with Crippen LogP contribution in [0.1, 0.15) is 32.4 Å². The molecule has 0 saturated carbocycles. The molecule has 2 N–H and O–H groups in total. The van der Waals surface area contributed by atoms with Gasteiger partial charge in [0.25, 0.3) is 0 Å². The number of rotatable bonds is 7. The highest BCUT2D eigenvalue weighted by Gasteiger charge is 2.19. The number of aliphatic hydroxyl groups is 1. The molecule has 4 nitrogen and oxygen atoms in total. The maximum absolute atomic E-state index is 10.1. The molecule has 0 aliphatic carbocycles. The first-order chi connectivity index (χ1) is 7.55. The highest BCUT2D eigenvalue weighted by Crippen LogP contribution is 2.12. The van der Waals surface area contributed by atoms with E-state index < -0.39 is 5.60 Å². The van der Waals surface area contributed by atoms with Crippen molar-refractivity contribution in [3.8, 4) is 0 Å². The fourth-order valence-electron chi connectivity index (χ4n) is 1.67. The van der Waals surface area contributed by atoms with Gasteiger partial charge in [0.1, 0.15) is 0 Å². The van der Waals surface area contributed by atoms with Crippen molar-refractivity contribution in [1.29, 1.82) is 0 Å². The lowest BCUT2D eigenvalue weighted by atomic mass is 9.99. The number of aryl methyl sites for hydroxylation is 2. The Morgan fingerprint density at radius 2 is 2.31 bits per heavy atom. The lowest BCUT2D eigenvalue weighted by Gasteiger charge is -2.23. The Bertz CT molecular complexity index is 307. The van der Waals surface area contributed by atoms with Gasteiger partial charge in [-0.05, 0) is 38.8 Å². The molecule has 4 heteroatoms. The zero-order valence-corrected chi connectivity index (χ0v) is 10.5. The Morgan fingerprint density at radius 1 is 1.56 bits per heavy atom. The maximum Gasteiger partial charge on any atom is 0.0747 e. The van der Waals surface area contributed by atoms with Crippen LogP contribution in [0.2, 0.25) is 0 Å². The average molecular weight is 225 g/mol. The van der Waals surface area contributed by atoms with E-state index in [2.05, 4.69) is 17.3 Å². The van der Waals surface area contributed by atoms with Crippen LogP contribution in [0.4, 0.5) is 0 Å². The second-order valence-electron chi connectivity index (χ2n) is 4.62. The van der Waals surface area contributed by atoms with Crippen molar-refractivity contribution in [2.24, 2.45) is 7.05 Å². The molecule has 0 amide bonds. The van der Waals surface area contributed by atoms with Crippen molar-refractivity contribution in [3.63, 3.8) is 0 Å². The number of hydrogen-bond donors (Lipinski definition) is 2. The van der Waals surface area contributed by atoms with Crippen LogP contribution < -0.4 is 5.32 Å². The van der Waals surface area contributed by atoms with Crippen LogP contribution in [-0.4, -0.2) is 33.6 Å². The topological polar surface area (TPSA) is 50.1 Å². The minimum atomic E-state index is -0.639. The van der Waals surface area contributed by atoms with Gasteiger partial charge in [0, 0.05) is 25.5 Å². The third kappa shape index (κ3) is 4.33. The van der Waals surface area contributed by atoms with E-state index in [1.165, 1.54) is 0 Å². The Hall–Kier alpha value is -0.870. The molecule has 92 valence electrons. The van der Waals surface area contributed by atoms with Crippen molar-refractivity contribution >= 4 is 0 Å². The molecule has 0 aliphatic heterocycles. The van der Waals surface area contributed by atoms with E-state index >= 15 is 0 Å². The zero-order valence-electron chi connectivity index (χ0n) is 10.5. The molecule has 1 heterocycles. The lowest BCUT2D eigenvalue weighted by molar-refractivity contribution is 0.0509. The van der Waals surface area contributed by atoms with Crippen molar-refractivity contribution in [1.82, 2.24) is 15.1 Å². The van der Waals surface area contributed by atoms with Crippen molar-refractivity contribution in [2.45, 2.75) is 38.7 Å². The first kappa shape index (κ1) is 13.2. The van der Waals surface area contributed by atoms with Gasteiger partial charge in [-0.1, -0.05) is 6.92 Å². The number of nitrogens with one attached hydrogen (secondary N) is 1. The van der Waals surface area contributed by atoms with Gasteiger partial charge in [0.15, 0.2) is 0 Å². The first-order valence-electron chi connectivity index (χ1n) is 5.95. The van der Waals surface area contributed by atoms with Crippen LogP contribution in [0.5, 0.6) is 0 Å². The molecule has 1 aromatic rings. The molecule has 16 heavy (non-hydrogen) atoms. The largest absolute Gasteiger partial charge is 0.389 e. The summed E-state index contributed by atoms with van der Waals surface area (Å²) >= 11 is 0. The van der Waals surface area contributed by atoms with Crippen LogP contribution in [0.25, 0.3) is 0 Å². The average Bonchev–Trinajstić information content (AvgIpc) is 2.62. The van der Waals surface area contributed by atoms with Gasteiger partial charge >= 0.3 is 0 Å². The number of aromatic nitrogens is 2. The minimum absolute atomic E-state index is 0.639. The third-order valence-electron chi connectivity index (χ3n) is 2.77. The quantitative estimate of drug-likeness (QED) is 0.683. The summed E-state index contributed by atoms with van der Waals surface area (Å²) in [6.45, 7) is 5.62. The smallest absolute Gasteiger partial charge is 0.0747 e. The normalized spacial score (nSPS) is 15.0. The fraction of sp³-hybridized carbons (Fsp3) is 0.750. The van der Waals surface area contributed by atoms with Crippen LogP contribution in [0.3, 0.4) is 0 Å². The first-order valence-corrected chi connectivity index (χ1v) is 5.95. The summed E-state index contributed by atoms with van der Waals surface area (Å²) in [5.74, 6) is 0. The summed E-state index contributed by atoms with van der Waals surface area (Å²) in [4.78, 5) is 0. The summed E-state index contributed by atoms with van der Waals surface area (Å²) in [6, 6.07) is 2.00. The number of nitrogens with zero attached hydrogens (tertiary/aromatic N) is 2. The molecule has 0 saturated heterocycles. The highest BCUT2D eigenvalue weighted by atomic mass is 16.3. The molecule has 1 rings (SSSR count). The van der Waals surface area contributed by atoms with E-state index in [0.29, 0.717) is 6.54 Å². The van der Waals surface area contributed by atoms with Gasteiger partial charge in [-0.25, -0.2) is 0 Å². The van der Waals surface area contributed by atoms with Crippen LogP contribution in [0.15, 0.2) is 12.3 Å². The van der Waals surface area contributed by atoms with E-state index in [9.17, 15) is 5.11 Å². The monoisotopic (exact) mass is 225 g/mol. The Kier molecular flexibility index (Phi) is 4.96. The van der Waals surface area contributed by atoms with Gasteiger partial charge in [-0.3, -0.25) is 4.68 Å². The zero-order chi connectivity index (χ0) is 12.0. The molecule has 1 aromatic heterocycles. The highest BCUT2D eigenvalue weighted by molar-refractivity contribution is 5.01. The van der Waals surface area contributed by atoms with Gasteiger partial charge in [0.2, 0.25) is 0 Å². The summed E-state index contributed by atoms with van der Waals surface area (Å²) in [6.07, 6.45) is 4.50. The molecule has 0 bridgehead atoms. The molecule has 0 spiro atoms. The molecule has 0 aromatic carbocycles. The molecule has 0 fully saturated rings. The SMILES string of the molecule is CCCNCC(C)(O)CCc1ccnn1C. The second kappa shape index (κ2) is 6.01. The molecule has 1 atom stereocenters. The molecule has 1 unspecified atom stereocenters. The van der Waals surface area contributed by atoms with Crippen molar-refractivity contribution < 1.29 is 5.11 Å². The van der Waals surface area contributed by atoms with Gasteiger partial charge in [-0.15, -0.1) is 0 Å². The van der Waals surface area contributed by atoms with Crippen LogP contribution in [-0.2, 0) is 13.5 Å². The second-order valence-corrected chi connectivity index (χ2v) is 4.62. The summed E-state index contributed by atoms with van der Waals surface area (Å²) in [5.41, 5.74) is 0.523. The predicted molar refractivity (Wildman–Crippen MR) is 65.3 cm³/mol. The molecule has 0 radical (unpaired) electrons. The van der Waals surface area contributed by atoms with Gasteiger partial charge in [0.05, 0.1) is 5.60 Å². The summed E-state index contributed by atoms with van der Waals surface area (Å²) < 4.78 is 1.86. The maximum atomic E-state index is 10.1. The van der Waals surface area contributed by atoms with E-state index in [0.717, 1.165) is 31.5 Å². The summed E-state index contributed by atoms with van der Waals surface area (Å²) in [5, 5.41) is 17.5. The number of hydrogen-bond acceptors (Lipinski definition) is 3. The van der Waals surface area contributed by atoms with Gasteiger partial charge < -0.3 is 10.4 Å². The van der Waals surface area contributed by atoms with Crippen LogP contribution in [0, 0.1) is 0 Å². The minimum Gasteiger partial charge on any atom is -0.389 e. The Labute approximate surface area is 97.7 Å². The van der Waals surface area contributed by atoms with E-state index in [4.69, 9.17) is 0 Å². The van der Waals surface area contributed by atoms with Gasteiger partial charge in [-0.2, -0.15) is 5.10 Å². The Morgan fingerprint density at radius 3 is 2.88 bits per heavy atom.